The van der Waals surface area contributed by atoms with Gasteiger partial charge in [0.05, 0.1) is 47.3 Å². The van der Waals surface area contributed by atoms with Crippen molar-refractivity contribution in [2.75, 3.05) is 18.1 Å². The van der Waals surface area contributed by atoms with Gasteiger partial charge in [-0.3, -0.25) is 19.2 Å². The summed E-state index contributed by atoms with van der Waals surface area (Å²) in [6.07, 6.45) is 3.72. The number of halogens is 1. The number of anilines is 1. The Morgan fingerprint density at radius 3 is 2.49 bits per heavy atom. The van der Waals surface area contributed by atoms with Crippen molar-refractivity contribution < 1.29 is 33.8 Å². The van der Waals surface area contributed by atoms with Crippen LogP contribution in [0.1, 0.15) is 70.1 Å². The first-order valence-corrected chi connectivity index (χ1v) is 18.2. The Bertz CT molecular complexity index is 1610. The summed E-state index contributed by atoms with van der Waals surface area (Å²) < 4.78 is 13.0. The van der Waals surface area contributed by atoms with Crippen LogP contribution in [0.3, 0.4) is 0 Å². The molecule has 0 saturated carbocycles. The molecule has 5 rings (SSSR count). The van der Waals surface area contributed by atoms with E-state index in [0.29, 0.717) is 42.0 Å². The number of hydrogen-bond donors (Lipinski definition) is 2. The van der Waals surface area contributed by atoms with Gasteiger partial charge in [-0.15, -0.1) is 13.2 Å². The Morgan fingerprint density at radius 1 is 1.14 bits per heavy atom. The summed E-state index contributed by atoms with van der Waals surface area (Å²) in [5.41, 5.74) is 0.605. The largest absolute Gasteiger partial charge is 0.455 e. The molecule has 3 saturated heterocycles. The van der Waals surface area contributed by atoms with Crippen LogP contribution in [0.4, 0.5) is 5.69 Å². The molecule has 11 heteroatoms. The van der Waals surface area contributed by atoms with Gasteiger partial charge in [0.2, 0.25) is 11.8 Å². The van der Waals surface area contributed by atoms with Crippen molar-refractivity contribution in [3.05, 3.63) is 90.0 Å². The number of likely N-dealkylation sites (tertiary alicyclic amines) is 1. The highest BCUT2D eigenvalue weighted by Gasteiger charge is 2.76. The number of benzene rings is 2. The molecule has 1 spiro atoms. The van der Waals surface area contributed by atoms with E-state index in [1.807, 2.05) is 57.2 Å². The third-order valence-electron chi connectivity index (χ3n) is 10.4. The van der Waals surface area contributed by atoms with E-state index in [1.165, 1.54) is 9.80 Å². The molecule has 51 heavy (non-hydrogen) atoms. The summed E-state index contributed by atoms with van der Waals surface area (Å²) >= 11 is 6.70. The van der Waals surface area contributed by atoms with E-state index in [-0.39, 0.29) is 31.4 Å². The number of carbonyl (C=O) groups is 4. The first-order valence-electron chi connectivity index (χ1n) is 17.8. The fourth-order valence-electron chi connectivity index (χ4n) is 8.33. The number of para-hydroxylation sites is 1. The molecule has 2 aromatic rings. The molecule has 0 radical (unpaired) electrons. The Labute approximate surface area is 305 Å². The van der Waals surface area contributed by atoms with Crippen molar-refractivity contribution in [1.29, 1.82) is 0 Å². The minimum atomic E-state index is -1.34. The summed E-state index contributed by atoms with van der Waals surface area (Å²) in [5.74, 6) is -3.62. The third-order valence-corrected chi connectivity index (χ3v) is 10.7. The van der Waals surface area contributed by atoms with Crippen LogP contribution in [0, 0.1) is 24.7 Å². The molecule has 0 aliphatic carbocycles. The maximum Gasteiger partial charge on any atom is 0.313 e. The maximum atomic E-state index is 15.0. The van der Waals surface area contributed by atoms with Gasteiger partial charge < -0.3 is 29.7 Å². The summed E-state index contributed by atoms with van der Waals surface area (Å²) in [6, 6.07) is 12.1. The smallest absolute Gasteiger partial charge is 0.313 e. The fourth-order valence-corrected chi connectivity index (χ4v) is 8.65. The number of nitrogens with one attached hydrogen (secondary N) is 1. The average Bonchev–Trinajstić information content (AvgIpc) is 3.75. The molecule has 274 valence electrons. The number of aryl methyl sites for hydroxylation is 1. The molecule has 3 aliphatic heterocycles. The molecule has 3 amide bonds. The minimum absolute atomic E-state index is 0.0894. The summed E-state index contributed by atoms with van der Waals surface area (Å²) in [4.78, 5) is 60.0. The van der Waals surface area contributed by atoms with Crippen LogP contribution >= 0.6 is 11.6 Å². The van der Waals surface area contributed by atoms with Gasteiger partial charge in [-0.1, -0.05) is 80.1 Å². The van der Waals surface area contributed by atoms with Gasteiger partial charge in [0.1, 0.15) is 17.7 Å². The SMILES string of the molecule is C=CCCC(=O)N[C@@H](C)[C@H](OC(=O)[C@@H]1[C@@H]2CC[C@]3(O2)[C@H](C(=O)N(CC=C)c2c(C)cccc2Cl)N([C@@H](CO)CC(C)C)C(=O)[C@@H]13)c1ccccc1. The van der Waals surface area contributed by atoms with Gasteiger partial charge in [0.25, 0.3) is 5.91 Å². The monoisotopic (exact) mass is 719 g/mol. The highest BCUT2D eigenvalue weighted by Crippen LogP contribution is 2.59. The van der Waals surface area contributed by atoms with Gasteiger partial charge in [0.15, 0.2) is 0 Å². The number of fused-ring (bicyclic) bond motifs is 1. The highest BCUT2D eigenvalue weighted by atomic mass is 35.5. The number of amides is 3. The Balaban J connectivity index is 1.54. The molecule has 0 unspecified atom stereocenters. The highest BCUT2D eigenvalue weighted by molar-refractivity contribution is 6.34. The van der Waals surface area contributed by atoms with Gasteiger partial charge in [-0.05, 0) is 62.6 Å². The number of aliphatic hydroxyl groups is 1. The van der Waals surface area contributed by atoms with E-state index >= 15 is 4.79 Å². The zero-order valence-electron chi connectivity index (χ0n) is 29.9. The zero-order chi connectivity index (χ0) is 37.0. The third kappa shape index (κ3) is 7.36. The molecule has 0 aromatic heterocycles. The second-order valence-corrected chi connectivity index (χ2v) is 14.8. The fraction of sp³-hybridized carbons (Fsp3) is 0.500. The number of carbonyl (C=O) groups excluding carboxylic acids is 4. The van der Waals surface area contributed by atoms with Crippen LogP contribution in [-0.2, 0) is 28.7 Å². The van der Waals surface area contributed by atoms with Crippen LogP contribution in [0.25, 0.3) is 0 Å². The molecule has 3 aliphatic rings. The van der Waals surface area contributed by atoms with E-state index in [1.54, 1.807) is 31.2 Å². The number of rotatable bonds is 16. The van der Waals surface area contributed by atoms with Crippen LogP contribution < -0.4 is 10.2 Å². The first kappa shape index (κ1) is 38.2. The van der Waals surface area contributed by atoms with E-state index in [2.05, 4.69) is 18.5 Å². The molecular weight excluding hydrogens is 670 g/mol. The molecule has 3 heterocycles. The predicted molar refractivity (Wildman–Crippen MR) is 196 cm³/mol. The lowest BCUT2D eigenvalue weighted by Crippen LogP contribution is -2.59. The number of hydrogen-bond acceptors (Lipinski definition) is 7. The molecule has 2 bridgehead atoms. The maximum absolute atomic E-state index is 15.0. The Hall–Kier alpha value is -3.99. The first-order chi connectivity index (χ1) is 24.4. The molecule has 8 atom stereocenters. The number of ether oxygens (including phenoxy) is 2. The van der Waals surface area contributed by atoms with E-state index in [4.69, 9.17) is 21.1 Å². The van der Waals surface area contributed by atoms with Gasteiger partial charge in [-0.25, -0.2) is 0 Å². The number of allylic oxidation sites excluding steroid dienone is 1. The average molecular weight is 720 g/mol. The van der Waals surface area contributed by atoms with Gasteiger partial charge >= 0.3 is 5.97 Å². The second-order valence-electron chi connectivity index (χ2n) is 14.4. The Kier molecular flexibility index (Phi) is 12.1. The Morgan fingerprint density at radius 2 is 1.86 bits per heavy atom. The number of nitrogens with zero attached hydrogens (tertiary/aromatic N) is 2. The lowest BCUT2D eigenvalue weighted by molar-refractivity contribution is -0.162. The lowest BCUT2D eigenvalue weighted by Gasteiger charge is -2.40. The topological polar surface area (TPSA) is 125 Å². The second kappa shape index (κ2) is 16.1. The zero-order valence-corrected chi connectivity index (χ0v) is 30.7. The van der Waals surface area contributed by atoms with E-state index in [9.17, 15) is 19.5 Å². The van der Waals surface area contributed by atoms with Crippen molar-refractivity contribution in [1.82, 2.24) is 10.2 Å². The van der Waals surface area contributed by atoms with Crippen LogP contribution in [0.2, 0.25) is 5.02 Å². The van der Waals surface area contributed by atoms with Gasteiger partial charge in [-0.2, -0.15) is 0 Å². The van der Waals surface area contributed by atoms with E-state index in [0.717, 1.165) is 5.56 Å². The van der Waals surface area contributed by atoms with Crippen LogP contribution in [0.15, 0.2) is 73.8 Å². The van der Waals surface area contributed by atoms with Crippen LogP contribution in [0.5, 0.6) is 0 Å². The normalized spacial score (nSPS) is 25.2. The van der Waals surface area contributed by atoms with Crippen molar-refractivity contribution in [3.8, 4) is 0 Å². The number of aliphatic hydroxyl groups excluding tert-OH is 1. The number of esters is 1. The minimum Gasteiger partial charge on any atom is -0.455 e. The van der Waals surface area contributed by atoms with E-state index < -0.39 is 65.6 Å². The van der Waals surface area contributed by atoms with Crippen molar-refractivity contribution in [2.45, 2.75) is 95.7 Å². The molecule has 2 N–H and O–H groups in total. The van der Waals surface area contributed by atoms with Crippen molar-refractivity contribution in [3.63, 3.8) is 0 Å². The van der Waals surface area contributed by atoms with Gasteiger partial charge in [0, 0.05) is 13.0 Å². The molecule has 3 fully saturated rings. The lowest BCUT2D eigenvalue weighted by atomic mass is 9.70. The summed E-state index contributed by atoms with van der Waals surface area (Å²) in [6.45, 7) is 14.9. The molecular formula is C40H50ClN3O7. The predicted octanol–water partition coefficient (Wildman–Crippen LogP) is 5.70. The standard InChI is InChI=1S/C40H50ClN3O7/c1-7-9-18-31(46)42-26(6)35(27-15-11-10-12-16-27)50-39(49)32-30-19-20-40(51-30)33(32)37(47)44(28(23-45)22-24(3)4)36(40)38(48)43(21-8-2)34-25(5)14-13-17-29(34)41/h7-8,10-17,24,26,28,30,32-33,35-36,45H,1-2,9,18-23H2,3-6H3,(H,42,46)/t26-,28+,30-,32+,33+,35-,36-,40+/m0/s1. The van der Waals surface area contributed by atoms with Crippen LogP contribution in [-0.4, -0.2) is 76.7 Å². The summed E-state index contributed by atoms with van der Waals surface area (Å²) in [5, 5.41) is 14.0. The van der Waals surface area contributed by atoms with Crippen molar-refractivity contribution >= 4 is 41.0 Å². The quantitative estimate of drug-likeness (QED) is 0.168. The molecule has 10 nitrogen and oxygen atoms in total. The van der Waals surface area contributed by atoms with Crippen molar-refractivity contribution in [2.24, 2.45) is 17.8 Å². The molecule has 2 aromatic carbocycles. The summed E-state index contributed by atoms with van der Waals surface area (Å²) in [7, 11) is 0.